The van der Waals surface area contributed by atoms with Crippen LogP contribution < -0.4 is 11.1 Å². The van der Waals surface area contributed by atoms with Crippen LogP contribution in [-0.4, -0.2) is 63.6 Å². The smallest absolute Gasteiger partial charge is 0.411 e. The van der Waals surface area contributed by atoms with Gasteiger partial charge in [-0.25, -0.2) is 4.79 Å². The van der Waals surface area contributed by atoms with Gasteiger partial charge in [0.15, 0.2) is 17.9 Å². The summed E-state index contributed by atoms with van der Waals surface area (Å²) in [6.45, 7) is 1.35. The fraction of sp³-hybridized carbons (Fsp3) is 0.344. The van der Waals surface area contributed by atoms with Crippen LogP contribution in [0.25, 0.3) is 0 Å². The van der Waals surface area contributed by atoms with E-state index in [1.54, 1.807) is 42.5 Å². The van der Waals surface area contributed by atoms with Crippen molar-refractivity contribution >= 4 is 35.8 Å². The van der Waals surface area contributed by atoms with E-state index in [0.717, 1.165) is 0 Å². The van der Waals surface area contributed by atoms with Crippen molar-refractivity contribution in [3.63, 3.8) is 0 Å². The molecule has 0 spiro atoms. The maximum Gasteiger partial charge on any atom is 0.411 e. The molecular formula is C32H33ClN2O9. The summed E-state index contributed by atoms with van der Waals surface area (Å²) in [5.74, 6) is -2.32. The van der Waals surface area contributed by atoms with E-state index in [2.05, 4.69) is 5.32 Å². The number of aliphatic hydroxyl groups is 1. The van der Waals surface area contributed by atoms with Crippen LogP contribution >= 0.6 is 12.4 Å². The van der Waals surface area contributed by atoms with Gasteiger partial charge in [0.2, 0.25) is 0 Å². The summed E-state index contributed by atoms with van der Waals surface area (Å²) in [5, 5.41) is 37.4. The molecule has 1 amide bonds. The van der Waals surface area contributed by atoms with Crippen LogP contribution in [0, 0.1) is 0 Å². The van der Waals surface area contributed by atoms with Gasteiger partial charge >= 0.3 is 6.09 Å². The van der Waals surface area contributed by atoms with Crippen molar-refractivity contribution in [1.82, 2.24) is 0 Å². The largest absolute Gasteiger partial charge is 0.507 e. The maximum atomic E-state index is 13.5. The number of ether oxygens (including phenoxy) is 3. The summed E-state index contributed by atoms with van der Waals surface area (Å²) in [4.78, 5) is 39.6. The highest BCUT2D eigenvalue weighted by Gasteiger charge is 2.47. The topological polar surface area (TPSA) is 178 Å². The van der Waals surface area contributed by atoms with Gasteiger partial charge in [-0.2, -0.15) is 0 Å². The minimum atomic E-state index is -1.79. The molecule has 1 aliphatic heterocycles. The number of nitrogens with one attached hydrogen (secondary N) is 1. The fourth-order valence-corrected chi connectivity index (χ4v) is 6.27. The van der Waals surface area contributed by atoms with Gasteiger partial charge in [-0.3, -0.25) is 14.9 Å². The SMILES string of the molecule is C[C@H]1C[C@@H](N)C[C@H](O[C@H]2C[C@](O)(COC(=O)Nc3ccccc3)Cc3c(O)c4c(c(O)c32)C(=O)c2ccccc2C4=O)O1.Cl. The van der Waals surface area contributed by atoms with E-state index >= 15 is 0 Å². The van der Waals surface area contributed by atoms with Crippen molar-refractivity contribution in [2.45, 2.75) is 62.7 Å². The van der Waals surface area contributed by atoms with Crippen molar-refractivity contribution in [2.75, 3.05) is 11.9 Å². The monoisotopic (exact) mass is 624 g/mol. The van der Waals surface area contributed by atoms with Crippen molar-refractivity contribution in [1.29, 1.82) is 0 Å². The summed E-state index contributed by atoms with van der Waals surface area (Å²) in [6, 6.07) is 14.6. The predicted octanol–water partition coefficient (Wildman–Crippen LogP) is 4.13. The number of nitrogens with two attached hydrogens (primary N) is 1. The van der Waals surface area contributed by atoms with E-state index in [4.69, 9.17) is 19.9 Å². The summed E-state index contributed by atoms with van der Waals surface area (Å²) in [5.41, 5.74) is 4.49. The van der Waals surface area contributed by atoms with Gasteiger partial charge < -0.3 is 35.3 Å². The number of hydrogen-bond acceptors (Lipinski definition) is 10. The third-order valence-corrected chi connectivity index (χ3v) is 8.18. The van der Waals surface area contributed by atoms with Crippen LogP contribution in [0.1, 0.15) is 75.3 Å². The molecule has 3 aromatic carbocycles. The lowest BCUT2D eigenvalue weighted by Gasteiger charge is -2.41. The Balaban J connectivity index is 0.00000384. The van der Waals surface area contributed by atoms with Crippen molar-refractivity contribution in [2.24, 2.45) is 5.73 Å². The van der Waals surface area contributed by atoms with Crippen LogP contribution in [0.15, 0.2) is 54.6 Å². The molecule has 6 rings (SSSR count). The van der Waals surface area contributed by atoms with Crippen molar-refractivity contribution in [3.05, 3.63) is 88.0 Å². The number of rotatable bonds is 5. The van der Waals surface area contributed by atoms with Crippen LogP contribution in [0.5, 0.6) is 11.5 Å². The van der Waals surface area contributed by atoms with Gasteiger partial charge in [0.1, 0.15) is 23.7 Å². The number of anilines is 1. The predicted molar refractivity (Wildman–Crippen MR) is 160 cm³/mol. The quantitative estimate of drug-likeness (QED) is 0.203. The van der Waals surface area contributed by atoms with Gasteiger partial charge in [-0.1, -0.05) is 42.5 Å². The average molecular weight is 625 g/mol. The zero-order valence-corrected chi connectivity index (χ0v) is 24.6. The van der Waals surface area contributed by atoms with E-state index < -0.39 is 53.8 Å². The van der Waals surface area contributed by atoms with Gasteiger partial charge in [-0.15, -0.1) is 12.4 Å². The van der Waals surface area contributed by atoms with E-state index in [-0.39, 0.29) is 70.8 Å². The molecule has 0 bridgehead atoms. The first-order valence-corrected chi connectivity index (χ1v) is 14.1. The molecule has 2 aliphatic carbocycles. The highest BCUT2D eigenvalue weighted by Crippen LogP contribution is 2.51. The Kier molecular flexibility index (Phi) is 8.70. The minimum absolute atomic E-state index is 0. The van der Waals surface area contributed by atoms with Gasteiger partial charge in [0.05, 0.1) is 23.3 Å². The summed E-state index contributed by atoms with van der Waals surface area (Å²) < 4.78 is 17.6. The van der Waals surface area contributed by atoms with Crippen LogP contribution in [0.2, 0.25) is 0 Å². The Bertz CT molecular complexity index is 1600. The highest BCUT2D eigenvalue weighted by molar-refractivity contribution is 6.30. The minimum Gasteiger partial charge on any atom is -0.507 e. The lowest BCUT2D eigenvalue weighted by atomic mass is 9.73. The lowest BCUT2D eigenvalue weighted by molar-refractivity contribution is -0.227. The van der Waals surface area contributed by atoms with Crippen LogP contribution in [0.3, 0.4) is 0 Å². The molecule has 6 N–H and O–H groups in total. The Labute approximate surface area is 259 Å². The lowest BCUT2D eigenvalue weighted by Crippen LogP contribution is -2.46. The summed E-state index contributed by atoms with van der Waals surface area (Å²) in [7, 11) is 0. The van der Waals surface area contributed by atoms with E-state index in [1.807, 2.05) is 6.92 Å². The maximum absolute atomic E-state index is 13.5. The number of aromatic hydroxyl groups is 2. The molecule has 3 aromatic rings. The molecule has 232 valence electrons. The number of hydrogen-bond donors (Lipinski definition) is 5. The molecule has 0 unspecified atom stereocenters. The van der Waals surface area contributed by atoms with Crippen molar-refractivity contribution < 1.29 is 43.9 Å². The number of amides is 1. The summed E-state index contributed by atoms with van der Waals surface area (Å²) in [6.07, 6.45) is -2.52. The number of ketones is 2. The molecule has 1 fully saturated rings. The molecule has 44 heavy (non-hydrogen) atoms. The van der Waals surface area contributed by atoms with Crippen LogP contribution in [0.4, 0.5) is 10.5 Å². The number of benzene rings is 3. The van der Waals surface area contributed by atoms with Gasteiger partial charge in [0.25, 0.3) is 0 Å². The van der Waals surface area contributed by atoms with E-state index in [1.165, 1.54) is 12.1 Å². The second-order valence-electron chi connectivity index (χ2n) is 11.4. The molecule has 1 heterocycles. The van der Waals surface area contributed by atoms with Crippen LogP contribution in [-0.2, 0) is 20.6 Å². The average Bonchev–Trinajstić information content (AvgIpc) is 2.96. The number of carbonyl (C=O) groups excluding carboxylic acids is 3. The van der Waals surface area contributed by atoms with Gasteiger partial charge in [-0.05, 0) is 25.5 Å². The standard InChI is InChI=1S/C32H32N2O9.ClH/c1-16-11-17(33)12-23(42-16)43-22-14-32(40,15-41-31(39)34-18-7-3-2-4-8-18)13-21-24(22)30(38)26-25(29(21)37)27(35)19-9-5-6-10-20(19)28(26)36;/h2-10,16-17,22-23,37-38,40H,11-15,33H2,1H3,(H,34,39);1H/t16-,17+,22-,23-,32-;/m0./s1. The molecule has 0 aromatic heterocycles. The third-order valence-electron chi connectivity index (χ3n) is 8.18. The number of carbonyl (C=O) groups is 3. The molecule has 0 saturated carbocycles. The Morgan fingerprint density at radius 3 is 2.25 bits per heavy atom. The third kappa shape index (κ3) is 5.76. The van der Waals surface area contributed by atoms with E-state index in [0.29, 0.717) is 18.5 Å². The fourth-order valence-electron chi connectivity index (χ4n) is 6.27. The normalized spacial score (nSPS) is 25.6. The second kappa shape index (κ2) is 12.2. The number of para-hydroxylation sites is 1. The Hall–Kier alpha value is -4.00. The number of halogens is 1. The molecule has 1 saturated heterocycles. The Morgan fingerprint density at radius 1 is 1.00 bits per heavy atom. The highest BCUT2D eigenvalue weighted by atomic mass is 35.5. The molecular weight excluding hydrogens is 592 g/mol. The molecule has 12 heteroatoms. The van der Waals surface area contributed by atoms with Gasteiger partial charge in [0, 0.05) is 53.2 Å². The molecule has 11 nitrogen and oxygen atoms in total. The number of fused-ring (bicyclic) bond motifs is 3. The first-order valence-electron chi connectivity index (χ1n) is 14.1. The second-order valence-corrected chi connectivity index (χ2v) is 11.4. The zero-order valence-electron chi connectivity index (χ0n) is 23.8. The first-order chi connectivity index (χ1) is 20.5. The van der Waals surface area contributed by atoms with Crippen molar-refractivity contribution in [3.8, 4) is 11.5 Å². The Morgan fingerprint density at radius 2 is 1.61 bits per heavy atom. The number of phenols is 2. The zero-order chi connectivity index (χ0) is 30.5. The first kappa shape index (κ1) is 31.4. The number of phenolic OH excluding ortho intramolecular Hbond substituents is 2. The van der Waals surface area contributed by atoms with E-state index in [9.17, 15) is 29.7 Å². The summed E-state index contributed by atoms with van der Waals surface area (Å²) >= 11 is 0. The molecule has 5 atom stereocenters. The molecule has 3 aliphatic rings. The molecule has 0 radical (unpaired) electrons.